The first-order chi connectivity index (χ1) is 13.8. The molecule has 0 fully saturated rings. The van der Waals surface area contributed by atoms with E-state index < -0.39 is 5.60 Å². The molecule has 4 N–H and O–H groups in total. The molecule has 0 bridgehead atoms. The highest BCUT2D eigenvalue weighted by molar-refractivity contribution is 6.00. The largest absolute Gasteiger partial charge is 0.386 e. The molecule has 7 heteroatoms. The molecule has 2 heterocycles. The maximum atomic E-state index is 12.3. The molecular weight excluding hydrogens is 366 g/mol. The number of para-hydroxylation sites is 1. The van der Waals surface area contributed by atoms with Gasteiger partial charge in [-0.25, -0.2) is 9.97 Å². The number of anilines is 4. The molecule has 2 aromatic heterocycles. The fourth-order valence-corrected chi connectivity index (χ4v) is 2.89. The summed E-state index contributed by atoms with van der Waals surface area (Å²) in [7, 11) is 1.57. The summed E-state index contributed by atoms with van der Waals surface area (Å²) in [6, 6.07) is 13.0. The summed E-state index contributed by atoms with van der Waals surface area (Å²) >= 11 is 0. The second-order valence-corrected chi connectivity index (χ2v) is 7.27. The minimum atomic E-state index is -1.04. The van der Waals surface area contributed by atoms with Crippen molar-refractivity contribution < 1.29 is 9.90 Å². The summed E-state index contributed by atoms with van der Waals surface area (Å²) in [6.07, 6.45) is 3.27. The molecule has 1 amide bonds. The Morgan fingerprint density at radius 1 is 0.966 bits per heavy atom. The summed E-state index contributed by atoms with van der Waals surface area (Å²) in [6.45, 7) is 5.40. The van der Waals surface area contributed by atoms with Crippen LogP contribution >= 0.6 is 0 Å². The Morgan fingerprint density at radius 2 is 1.69 bits per heavy atom. The molecule has 29 heavy (non-hydrogen) atoms. The summed E-state index contributed by atoms with van der Waals surface area (Å²) in [5.41, 5.74) is 2.39. The van der Waals surface area contributed by atoms with Gasteiger partial charge in [0.15, 0.2) is 0 Å². The lowest BCUT2D eigenvalue weighted by atomic mass is 9.96. The van der Waals surface area contributed by atoms with E-state index >= 15 is 0 Å². The molecule has 0 aliphatic carbocycles. The van der Waals surface area contributed by atoms with Crippen molar-refractivity contribution in [2.45, 2.75) is 26.4 Å². The number of nitrogens with one attached hydrogen (secondary N) is 3. The highest BCUT2D eigenvalue weighted by atomic mass is 16.3. The molecule has 0 aliphatic rings. The predicted molar refractivity (Wildman–Crippen MR) is 115 cm³/mol. The number of hydrogen-bond acceptors (Lipinski definition) is 6. The highest BCUT2D eigenvalue weighted by Crippen LogP contribution is 2.31. The fraction of sp³-hybridized carbons (Fsp3) is 0.227. The SMILES string of the molecule is CNC(=O)c1cnc(Nc2ccc(C)cn2)cc1Nc1ccccc1C(C)(C)O. The van der Waals surface area contributed by atoms with Gasteiger partial charge >= 0.3 is 0 Å². The zero-order chi connectivity index (χ0) is 21.0. The molecule has 150 valence electrons. The topological polar surface area (TPSA) is 99.2 Å². The van der Waals surface area contributed by atoms with Gasteiger partial charge in [0.05, 0.1) is 16.9 Å². The van der Waals surface area contributed by atoms with E-state index in [-0.39, 0.29) is 5.91 Å². The maximum Gasteiger partial charge on any atom is 0.254 e. The molecule has 0 aliphatic heterocycles. The van der Waals surface area contributed by atoms with Crippen LogP contribution in [0.5, 0.6) is 0 Å². The van der Waals surface area contributed by atoms with Crippen LogP contribution in [0.15, 0.2) is 54.9 Å². The lowest BCUT2D eigenvalue weighted by Gasteiger charge is -2.23. The fourth-order valence-electron chi connectivity index (χ4n) is 2.89. The van der Waals surface area contributed by atoms with Gasteiger partial charge in [-0.05, 0) is 38.5 Å². The highest BCUT2D eigenvalue weighted by Gasteiger charge is 2.21. The minimum Gasteiger partial charge on any atom is -0.386 e. The molecule has 0 unspecified atom stereocenters. The quantitative estimate of drug-likeness (QED) is 0.509. The number of rotatable bonds is 6. The average Bonchev–Trinajstić information content (AvgIpc) is 2.69. The lowest BCUT2D eigenvalue weighted by Crippen LogP contribution is -2.21. The number of carbonyl (C=O) groups is 1. The van der Waals surface area contributed by atoms with Gasteiger partial charge in [-0.2, -0.15) is 0 Å². The number of nitrogens with zero attached hydrogens (tertiary/aromatic N) is 2. The van der Waals surface area contributed by atoms with Gasteiger partial charge in [-0.15, -0.1) is 0 Å². The second-order valence-electron chi connectivity index (χ2n) is 7.27. The number of aromatic nitrogens is 2. The first-order valence-corrected chi connectivity index (χ1v) is 9.28. The van der Waals surface area contributed by atoms with Gasteiger partial charge in [-0.3, -0.25) is 4.79 Å². The third-order valence-corrected chi connectivity index (χ3v) is 4.40. The average molecular weight is 391 g/mol. The van der Waals surface area contributed by atoms with Crippen LogP contribution in [-0.2, 0) is 5.60 Å². The molecule has 3 rings (SSSR count). The minimum absolute atomic E-state index is 0.263. The zero-order valence-corrected chi connectivity index (χ0v) is 16.9. The van der Waals surface area contributed by atoms with Crippen LogP contribution in [0.4, 0.5) is 23.0 Å². The van der Waals surface area contributed by atoms with Gasteiger partial charge in [0.25, 0.3) is 5.91 Å². The Morgan fingerprint density at radius 3 is 2.34 bits per heavy atom. The summed E-state index contributed by atoms with van der Waals surface area (Å²) in [4.78, 5) is 21.0. The lowest BCUT2D eigenvalue weighted by molar-refractivity contribution is 0.0793. The van der Waals surface area contributed by atoms with E-state index in [2.05, 4.69) is 25.9 Å². The van der Waals surface area contributed by atoms with Crippen molar-refractivity contribution in [3.63, 3.8) is 0 Å². The van der Waals surface area contributed by atoms with Crippen LogP contribution in [0.3, 0.4) is 0 Å². The van der Waals surface area contributed by atoms with Crippen LogP contribution in [0.2, 0.25) is 0 Å². The monoisotopic (exact) mass is 391 g/mol. The molecule has 1 aromatic carbocycles. The van der Waals surface area contributed by atoms with Crippen molar-refractivity contribution in [3.05, 3.63) is 71.5 Å². The second kappa shape index (κ2) is 8.28. The van der Waals surface area contributed by atoms with Gasteiger partial charge in [0.1, 0.15) is 11.6 Å². The van der Waals surface area contributed by atoms with Crippen LogP contribution in [0.1, 0.15) is 35.3 Å². The van der Waals surface area contributed by atoms with Crippen LogP contribution in [0, 0.1) is 6.92 Å². The van der Waals surface area contributed by atoms with Gasteiger partial charge < -0.3 is 21.1 Å². The van der Waals surface area contributed by atoms with E-state index in [1.165, 1.54) is 6.20 Å². The molecule has 0 spiro atoms. The normalized spacial score (nSPS) is 11.1. The smallest absolute Gasteiger partial charge is 0.254 e. The van der Waals surface area contributed by atoms with Gasteiger partial charge in [0.2, 0.25) is 0 Å². The van der Waals surface area contributed by atoms with Crippen LogP contribution in [-0.4, -0.2) is 28.0 Å². The van der Waals surface area contributed by atoms with Crippen molar-refractivity contribution in [1.82, 2.24) is 15.3 Å². The Labute approximate surface area is 170 Å². The Bertz CT molecular complexity index is 1010. The Balaban J connectivity index is 1.99. The number of pyridine rings is 2. The number of aliphatic hydroxyl groups is 1. The van der Waals surface area contributed by atoms with E-state index in [0.717, 1.165) is 11.1 Å². The third kappa shape index (κ3) is 4.89. The van der Waals surface area contributed by atoms with Crippen molar-refractivity contribution in [3.8, 4) is 0 Å². The van der Waals surface area contributed by atoms with Crippen LogP contribution in [0.25, 0.3) is 0 Å². The predicted octanol–water partition coefficient (Wildman–Crippen LogP) is 3.86. The van der Waals surface area contributed by atoms with E-state index in [4.69, 9.17) is 0 Å². The number of aryl methyl sites for hydroxylation is 1. The van der Waals surface area contributed by atoms with E-state index in [1.807, 2.05) is 43.3 Å². The first kappa shape index (κ1) is 20.3. The molecule has 0 saturated carbocycles. The molecule has 3 aromatic rings. The first-order valence-electron chi connectivity index (χ1n) is 9.28. The summed E-state index contributed by atoms with van der Waals surface area (Å²) in [5, 5.41) is 19.5. The zero-order valence-electron chi connectivity index (χ0n) is 16.9. The number of benzene rings is 1. The summed E-state index contributed by atoms with van der Waals surface area (Å²) < 4.78 is 0. The van der Waals surface area contributed by atoms with E-state index in [9.17, 15) is 9.90 Å². The standard InChI is InChI=1S/C22H25N5O2/c1-14-9-10-19(24-12-14)27-20-11-18(15(13-25-20)21(28)23-4)26-17-8-6-5-7-16(17)22(2,3)29/h5-13,29H,1-4H3,(H,23,28)(H2,24,25,26,27). The maximum absolute atomic E-state index is 12.3. The van der Waals surface area contributed by atoms with Crippen molar-refractivity contribution in [2.24, 2.45) is 0 Å². The molecule has 0 radical (unpaired) electrons. The Hall–Kier alpha value is -3.45. The number of carbonyl (C=O) groups excluding carboxylic acids is 1. The molecule has 0 saturated heterocycles. The molecule has 7 nitrogen and oxygen atoms in total. The molecule has 0 atom stereocenters. The number of amides is 1. The van der Waals surface area contributed by atoms with Crippen LogP contribution < -0.4 is 16.0 Å². The van der Waals surface area contributed by atoms with Gasteiger partial charge in [-0.1, -0.05) is 24.3 Å². The third-order valence-electron chi connectivity index (χ3n) is 4.40. The van der Waals surface area contributed by atoms with E-state index in [1.54, 1.807) is 33.2 Å². The molecular formula is C22H25N5O2. The number of hydrogen-bond donors (Lipinski definition) is 4. The Kier molecular flexibility index (Phi) is 5.79. The van der Waals surface area contributed by atoms with Crippen molar-refractivity contribution >= 4 is 28.9 Å². The van der Waals surface area contributed by atoms with Gasteiger partial charge in [0, 0.05) is 36.8 Å². The van der Waals surface area contributed by atoms with Crippen molar-refractivity contribution in [1.29, 1.82) is 0 Å². The van der Waals surface area contributed by atoms with Crippen molar-refractivity contribution in [2.75, 3.05) is 17.7 Å². The van der Waals surface area contributed by atoms with E-state index in [0.29, 0.717) is 28.6 Å². The summed E-state index contributed by atoms with van der Waals surface area (Å²) in [5.74, 6) is 0.927.